The maximum absolute atomic E-state index is 11.4. The monoisotopic (exact) mass is 219 g/mol. The van der Waals surface area contributed by atoms with Crippen molar-refractivity contribution in [3.63, 3.8) is 0 Å². The second-order valence-electron chi connectivity index (χ2n) is 4.22. The summed E-state index contributed by atoms with van der Waals surface area (Å²) in [5.74, 6) is -0.197. The topological polar surface area (TPSA) is 38.3 Å². The van der Waals surface area contributed by atoms with Gasteiger partial charge < -0.3 is 10.1 Å². The minimum atomic E-state index is -0.232. The van der Waals surface area contributed by atoms with Gasteiger partial charge in [-0.2, -0.15) is 11.8 Å². The maximum atomic E-state index is 11.4. The number of esters is 1. The van der Waals surface area contributed by atoms with Crippen molar-refractivity contribution in [1.82, 2.24) is 5.32 Å². The van der Waals surface area contributed by atoms with Gasteiger partial charge in [0, 0.05) is 10.00 Å². The van der Waals surface area contributed by atoms with E-state index in [-0.39, 0.29) is 22.0 Å². The van der Waals surface area contributed by atoms with Crippen molar-refractivity contribution in [2.45, 2.75) is 43.7 Å². The molecule has 0 fully saturated rings. The summed E-state index contributed by atoms with van der Waals surface area (Å²) in [5.41, 5.74) is 0. The number of methoxy groups -OCH3 is 1. The van der Waals surface area contributed by atoms with E-state index in [9.17, 15) is 4.79 Å². The molecule has 0 heterocycles. The van der Waals surface area contributed by atoms with Crippen LogP contribution in [0.1, 0.15) is 27.7 Å². The highest BCUT2D eigenvalue weighted by Gasteiger charge is 2.28. The Hall–Kier alpha value is -0.220. The Balaban J connectivity index is 4.32. The van der Waals surface area contributed by atoms with Crippen LogP contribution in [0.3, 0.4) is 0 Å². The van der Waals surface area contributed by atoms with Crippen LogP contribution in [-0.2, 0) is 9.53 Å². The Bertz CT molecular complexity index is 189. The number of likely N-dealkylation sites (N-methyl/N-ethyl adjacent to an activating group) is 1. The number of carbonyl (C=O) groups excluding carboxylic acids is 1. The predicted octanol–water partition coefficient (Wildman–Crippen LogP) is 1.67. The fourth-order valence-corrected chi connectivity index (χ4v) is 2.80. The van der Waals surface area contributed by atoms with Gasteiger partial charge in [-0.15, -0.1) is 0 Å². The number of hydrogen-bond acceptors (Lipinski definition) is 4. The lowest BCUT2D eigenvalue weighted by molar-refractivity contribution is -0.142. The van der Waals surface area contributed by atoms with Crippen LogP contribution in [0.25, 0.3) is 0 Å². The van der Waals surface area contributed by atoms with Crippen molar-refractivity contribution in [1.29, 1.82) is 0 Å². The number of nitrogens with one attached hydrogen (secondary N) is 1. The van der Waals surface area contributed by atoms with Crippen LogP contribution in [0.2, 0.25) is 0 Å². The molecule has 0 spiro atoms. The SMILES string of the molecule is CN[C@H](C(=O)OC)[C@H](C)SC(C)(C)C. The van der Waals surface area contributed by atoms with E-state index >= 15 is 0 Å². The average molecular weight is 219 g/mol. The summed E-state index contributed by atoms with van der Waals surface area (Å²) in [4.78, 5) is 11.4. The molecule has 0 rings (SSSR count). The number of thioether (sulfide) groups is 1. The Morgan fingerprint density at radius 2 is 1.93 bits per heavy atom. The zero-order valence-corrected chi connectivity index (χ0v) is 10.7. The number of hydrogen-bond donors (Lipinski definition) is 1. The third kappa shape index (κ3) is 4.86. The highest BCUT2D eigenvalue weighted by molar-refractivity contribution is 8.01. The molecule has 0 aromatic carbocycles. The van der Waals surface area contributed by atoms with Crippen LogP contribution in [0.4, 0.5) is 0 Å². The molecule has 0 saturated carbocycles. The van der Waals surface area contributed by atoms with E-state index in [1.165, 1.54) is 7.11 Å². The zero-order chi connectivity index (χ0) is 11.4. The molecule has 0 aromatic heterocycles. The second kappa shape index (κ2) is 5.61. The van der Waals surface area contributed by atoms with Gasteiger partial charge >= 0.3 is 5.97 Å². The Labute approximate surface area is 91.0 Å². The molecule has 0 radical (unpaired) electrons. The quantitative estimate of drug-likeness (QED) is 0.730. The molecule has 2 atom stereocenters. The summed E-state index contributed by atoms with van der Waals surface area (Å²) in [7, 11) is 3.20. The Kier molecular flexibility index (Phi) is 5.52. The van der Waals surface area contributed by atoms with Gasteiger partial charge in [0.1, 0.15) is 6.04 Å². The summed E-state index contributed by atoms with van der Waals surface area (Å²) in [6, 6.07) is -0.232. The van der Waals surface area contributed by atoms with Crippen LogP contribution in [0, 0.1) is 0 Å². The fourth-order valence-electron chi connectivity index (χ4n) is 1.30. The van der Waals surface area contributed by atoms with E-state index in [2.05, 4.69) is 26.1 Å². The van der Waals surface area contributed by atoms with E-state index in [1.807, 2.05) is 6.92 Å². The van der Waals surface area contributed by atoms with Gasteiger partial charge in [-0.3, -0.25) is 4.79 Å². The molecule has 0 aliphatic carbocycles. The van der Waals surface area contributed by atoms with Crippen molar-refractivity contribution in [3.8, 4) is 0 Å². The first-order chi connectivity index (χ1) is 6.31. The van der Waals surface area contributed by atoms with Crippen LogP contribution in [0.15, 0.2) is 0 Å². The number of rotatable bonds is 4. The zero-order valence-electron chi connectivity index (χ0n) is 9.88. The van der Waals surface area contributed by atoms with Crippen LogP contribution >= 0.6 is 11.8 Å². The smallest absolute Gasteiger partial charge is 0.323 e. The standard InChI is InChI=1S/C10H21NO2S/c1-7(14-10(2,3)4)8(11-5)9(12)13-6/h7-8,11H,1-6H3/t7-,8-/m0/s1. The fraction of sp³-hybridized carbons (Fsp3) is 0.900. The molecule has 0 aliphatic heterocycles. The predicted molar refractivity (Wildman–Crippen MR) is 61.7 cm³/mol. The van der Waals surface area contributed by atoms with Crippen LogP contribution < -0.4 is 5.32 Å². The van der Waals surface area contributed by atoms with E-state index in [0.29, 0.717) is 0 Å². The molecule has 0 bridgehead atoms. The molecule has 0 aliphatic rings. The van der Waals surface area contributed by atoms with Gasteiger partial charge in [0.05, 0.1) is 7.11 Å². The Morgan fingerprint density at radius 3 is 2.21 bits per heavy atom. The van der Waals surface area contributed by atoms with E-state index in [4.69, 9.17) is 4.74 Å². The lowest BCUT2D eigenvalue weighted by atomic mass is 10.2. The van der Waals surface area contributed by atoms with Gasteiger partial charge in [0.2, 0.25) is 0 Å². The van der Waals surface area contributed by atoms with Crippen molar-refractivity contribution < 1.29 is 9.53 Å². The number of carbonyl (C=O) groups is 1. The van der Waals surface area contributed by atoms with E-state index < -0.39 is 0 Å². The molecule has 4 heteroatoms. The summed E-state index contributed by atoms with van der Waals surface area (Å²) in [6.45, 7) is 8.45. The van der Waals surface area contributed by atoms with Crippen LogP contribution in [-0.4, -0.2) is 36.2 Å². The van der Waals surface area contributed by atoms with Gasteiger partial charge in [0.25, 0.3) is 0 Å². The van der Waals surface area contributed by atoms with Gasteiger partial charge in [0.15, 0.2) is 0 Å². The summed E-state index contributed by atoms with van der Waals surface area (Å²) >= 11 is 1.77. The lowest BCUT2D eigenvalue weighted by Crippen LogP contribution is -2.43. The molecule has 0 saturated heterocycles. The molecule has 84 valence electrons. The molecule has 1 N–H and O–H groups in total. The van der Waals surface area contributed by atoms with E-state index in [0.717, 1.165) is 0 Å². The van der Waals surface area contributed by atoms with E-state index in [1.54, 1.807) is 18.8 Å². The van der Waals surface area contributed by atoms with Crippen molar-refractivity contribution >= 4 is 17.7 Å². The minimum absolute atomic E-state index is 0.155. The molecule has 0 aromatic rings. The normalized spacial score (nSPS) is 16.1. The molecular weight excluding hydrogens is 198 g/mol. The molecule has 14 heavy (non-hydrogen) atoms. The third-order valence-electron chi connectivity index (χ3n) is 1.77. The number of ether oxygens (including phenoxy) is 1. The van der Waals surface area contributed by atoms with Gasteiger partial charge in [-0.05, 0) is 7.05 Å². The highest BCUT2D eigenvalue weighted by Crippen LogP contribution is 2.29. The minimum Gasteiger partial charge on any atom is -0.468 e. The average Bonchev–Trinajstić information content (AvgIpc) is 2.01. The second-order valence-corrected chi connectivity index (χ2v) is 6.43. The first-order valence-electron chi connectivity index (χ1n) is 4.74. The summed E-state index contributed by atoms with van der Waals surface area (Å²) < 4.78 is 4.88. The maximum Gasteiger partial charge on any atom is 0.323 e. The van der Waals surface area contributed by atoms with Crippen molar-refractivity contribution in [2.75, 3.05) is 14.2 Å². The Morgan fingerprint density at radius 1 is 1.43 bits per heavy atom. The summed E-state index contributed by atoms with van der Waals surface area (Å²) in [5, 5.41) is 3.18. The van der Waals surface area contributed by atoms with Crippen molar-refractivity contribution in [2.24, 2.45) is 0 Å². The largest absolute Gasteiger partial charge is 0.468 e. The van der Waals surface area contributed by atoms with Crippen LogP contribution in [0.5, 0.6) is 0 Å². The molecule has 0 amide bonds. The molecular formula is C10H21NO2S. The molecule has 0 unspecified atom stereocenters. The third-order valence-corrected chi connectivity index (χ3v) is 3.13. The summed E-state index contributed by atoms with van der Waals surface area (Å²) in [6.07, 6.45) is 0. The van der Waals surface area contributed by atoms with Crippen molar-refractivity contribution in [3.05, 3.63) is 0 Å². The van der Waals surface area contributed by atoms with Gasteiger partial charge in [-0.25, -0.2) is 0 Å². The highest BCUT2D eigenvalue weighted by atomic mass is 32.2. The molecule has 3 nitrogen and oxygen atoms in total. The lowest BCUT2D eigenvalue weighted by Gasteiger charge is -2.27. The van der Waals surface area contributed by atoms with Gasteiger partial charge in [-0.1, -0.05) is 27.7 Å². The first-order valence-corrected chi connectivity index (χ1v) is 5.62. The first kappa shape index (κ1) is 13.8.